The van der Waals surface area contributed by atoms with Crippen molar-refractivity contribution in [3.8, 4) is 5.75 Å². The van der Waals surface area contributed by atoms with Crippen molar-refractivity contribution >= 4 is 32.9 Å². The molecular weight excluding hydrogens is 276 g/mol. The van der Waals surface area contributed by atoms with E-state index in [1.807, 2.05) is 25.1 Å². The maximum atomic E-state index is 7.11. The SMILES string of the molecule is CCOc1ccc(CSC(=N)N)cc1Br. The molecule has 0 aliphatic rings. The largest absolute Gasteiger partial charge is 0.493 e. The Hall–Kier alpha value is -0.680. The highest BCUT2D eigenvalue weighted by Gasteiger charge is 2.02. The lowest BCUT2D eigenvalue weighted by molar-refractivity contribution is 0.338. The summed E-state index contributed by atoms with van der Waals surface area (Å²) in [6, 6.07) is 5.89. The van der Waals surface area contributed by atoms with Crippen LogP contribution in [-0.2, 0) is 5.75 Å². The summed E-state index contributed by atoms with van der Waals surface area (Å²) in [4.78, 5) is 0. The van der Waals surface area contributed by atoms with E-state index in [-0.39, 0.29) is 5.17 Å². The van der Waals surface area contributed by atoms with Gasteiger partial charge in [-0.15, -0.1) is 0 Å². The van der Waals surface area contributed by atoms with Crippen LogP contribution in [0.4, 0.5) is 0 Å². The lowest BCUT2D eigenvalue weighted by Gasteiger charge is -2.07. The number of thioether (sulfide) groups is 1. The zero-order chi connectivity index (χ0) is 11.3. The van der Waals surface area contributed by atoms with Crippen LogP contribution in [0.2, 0.25) is 0 Å². The molecule has 0 saturated carbocycles. The molecule has 0 atom stereocenters. The summed E-state index contributed by atoms with van der Waals surface area (Å²) in [7, 11) is 0. The van der Waals surface area contributed by atoms with Gasteiger partial charge in [0, 0.05) is 5.75 Å². The van der Waals surface area contributed by atoms with E-state index in [9.17, 15) is 0 Å². The molecule has 0 fully saturated rings. The van der Waals surface area contributed by atoms with Gasteiger partial charge in [0.1, 0.15) is 5.75 Å². The minimum atomic E-state index is 0.139. The molecule has 0 amide bonds. The average Bonchev–Trinajstić information content (AvgIpc) is 2.19. The zero-order valence-corrected chi connectivity index (χ0v) is 10.8. The van der Waals surface area contributed by atoms with Crippen molar-refractivity contribution in [1.29, 1.82) is 5.41 Å². The molecule has 0 aliphatic carbocycles. The standard InChI is InChI=1S/C10H13BrN2OS/c1-2-14-9-4-3-7(5-8(9)11)6-15-10(12)13/h3-5H,2,6H2,1H3,(H3,12,13). The van der Waals surface area contributed by atoms with Crippen molar-refractivity contribution in [1.82, 2.24) is 0 Å². The van der Waals surface area contributed by atoms with Crippen molar-refractivity contribution in [3.63, 3.8) is 0 Å². The van der Waals surface area contributed by atoms with Crippen LogP contribution in [0.3, 0.4) is 0 Å². The van der Waals surface area contributed by atoms with E-state index in [1.165, 1.54) is 11.8 Å². The fourth-order valence-corrected chi connectivity index (χ4v) is 2.11. The highest BCUT2D eigenvalue weighted by Crippen LogP contribution is 2.27. The monoisotopic (exact) mass is 288 g/mol. The van der Waals surface area contributed by atoms with E-state index in [0.717, 1.165) is 15.8 Å². The molecule has 3 nitrogen and oxygen atoms in total. The highest BCUT2D eigenvalue weighted by atomic mass is 79.9. The molecule has 1 aromatic carbocycles. The molecular formula is C10H13BrN2OS. The number of ether oxygens (including phenoxy) is 1. The number of nitrogens with two attached hydrogens (primary N) is 1. The Kier molecular flexibility index (Phi) is 4.98. The second kappa shape index (κ2) is 6.02. The topological polar surface area (TPSA) is 59.1 Å². The molecule has 0 aliphatic heterocycles. The van der Waals surface area contributed by atoms with Crippen LogP contribution in [0, 0.1) is 5.41 Å². The number of hydrogen-bond acceptors (Lipinski definition) is 3. The van der Waals surface area contributed by atoms with E-state index >= 15 is 0 Å². The lowest BCUT2D eigenvalue weighted by Crippen LogP contribution is -2.03. The minimum absolute atomic E-state index is 0.139. The first-order chi connectivity index (χ1) is 7.13. The van der Waals surface area contributed by atoms with Gasteiger partial charge in [0.05, 0.1) is 11.1 Å². The van der Waals surface area contributed by atoms with E-state index < -0.39 is 0 Å². The third-order valence-corrected chi connectivity index (χ3v) is 3.10. The van der Waals surface area contributed by atoms with Crippen LogP contribution < -0.4 is 10.5 Å². The third kappa shape index (κ3) is 4.13. The highest BCUT2D eigenvalue weighted by molar-refractivity contribution is 9.10. The van der Waals surface area contributed by atoms with Crippen LogP contribution in [-0.4, -0.2) is 11.8 Å². The first-order valence-electron chi connectivity index (χ1n) is 4.51. The van der Waals surface area contributed by atoms with Crippen LogP contribution in [0.1, 0.15) is 12.5 Å². The van der Waals surface area contributed by atoms with E-state index in [0.29, 0.717) is 12.4 Å². The molecule has 0 spiro atoms. The summed E-state index contributed by atoms with van der Waals surface area (Å²) in [6.45, 7) is 2.60. The smallest absolute Gasteiger partial charge is 0.151 e. The zero-order valence-electron chi connectivity index (χ0n) is 8.42. The van der Waals surface area contributed by atoms with Crippen LogP contribution in [0.5, 0.6) is 5.75 Å². The predicted molar refractivity (Wildman–Crippen MR) is 68.5 cm³/mol. The number of benzene rings is 1. The fourth-order valence-electron chi connectivity index (χ4n) is 1.07. The Bertz CT molecular complexity index is 357. The van der Waals surface area contributed by atoms with Gasteiger partial charge in [-0.2, -0.15) is 0 Å². The third-order valence-electron chi connectivity index (χ3n) is 1.69. The van der Waals surface area contributed by atoms with Crippen molar-refractivity contribution in [2.75, 3.05) is 6.61 Å². The molecule has 0 saturated heterocycles. The number of rotatable bonds is 4. The summed E-state index contributed by atoms with van der Waals surface area (Å²) in [5.41, 5.74) is 6.38. The summed E-state index contributed by atoms with van der Waals surface area (Å²) in [5, 5.41) is 7.25. The van der Waals surface area contributed by atoms with Gasteiger partial charge >= 0.3 is 0 Å². The van der Waals surface area contributed by atoms with Gasteiger partial charge in [0.15, 0.2) is 5.17 Å². The molecule has 0 radical (unpaired) electrons. The molecule has 5 heteroatoms. The van der Waals surface area contributed by atoms with E-state index in [2.05, 4.69) is 15.9 Å². The van der Waals surface area contributed by atoms with E-state index in [4.69, 9.17) is 15.9 Å². The molecule has 1 rings (SSSR count). The van der Waals surface area contributed by atoms with E-state index in [1.54, 1.807) is 0 Å². The molecule has 3 N–H and O–H groups in total. The normalized spacial score (nSPS) is 10.0. The lowest BCUT2D eigenvalue weighted by atomic mass is 10.2. The second-order valence-electron chi connectivity index (χ2n) is 2.85. The van der Waals surface area contributed by atoms with Crippen molar-refractivity contribution < 1.29 is 4.74 Å². The number of hydrogen-bond donors (Lipinski definition) is 2. The fraction of sp³-hybridized carbons (Fsp3) is 0.300. The van der Waals surface area contributed by atoms with Gasteiger partial charge in [-0.25, -0.2) is 0 Å². The summed E-state index contributed by atoms with van der Waals surface area (Å²) in [6.07, 6.45) is 0. The molecule has 0 aromatic heterocycles. The molecule has 0 heterocycles. The van der Waals surface area contributed by atoms with Gasteiger partial charge in [0.25, 0.3) is 0 Å². The number of nitrogens with one attached hydrogen (secondary N) is 1. The van der Waals surface area contributed by atoms with Gasteiger partial charge in [-0.1, -0.05) is 17.8 Å². The Morgan fingerprint density at radius 1 is 1.60 bits per heavy atom. The van der Waals surface area contributed by atoms with Gasteiger partial charge in [0.2, 0.25) is 0 Å². The first-order valence-corrected chi connectivity index (χ1v) is 6.29. The first kappa shape index (κ1) is 12.4. The predicted octanol–water partition coefficient (Wildman–Crippen LogP) is 2.97. The Morgan fingerprint density at radius 3 is 2.87 bits per heavy atom. The van der Waals surface area contributed by atoms with Crippen molar-refractivity contribution in [3.05, 3.63) is 28.2 Å². The average molecular weight is 289 g/mol. The number of amidine groups is 1. The maximum Gasteiger partial charge on any atom is 0.151 e. The Morgan fingerprint density at radius 2 is 2.33 bits per heavy atom. The molecule has 15 heavy (non-hydrogen) atoms. The summed E-state index contributed by atoms with van der Waals surface area (Å²) in [5.74, 6) is 1.55. The Balaban J connectivity index is 2.68. The van der Waals surface area contributed by atoms with Crippen LogP contribution >= 0.6 is 27.7 Å². The molecule has 0 bridgehead atoms. The summed E-state index contributed by atoms with van der Waals surface area (Å²) >= 11 is 4.75. The number of halogens is 1. The van der Waals surface area contributed by atoms with Crippen LogP contribution in [0.25, 0.3) is 0 Å². The second-order valence-corrected chi connectivity index (χ2v) is 4.72. The van der Waals surface area contributed by atoms with Gasteiger partial charge in [-0.3, -0.25) is 5.41 Å². The van der Waals surface area contributed by atoms with Crippen LogP contribution in [0.15, 0.2) is 22.7 Å². The quantitative estimate of drug-likeness (QED) is 0.661. The molecule has 0 unspecified atom stereocenters. The molecule has 1 aromatic rings. The summed E-state index contributed by atoms with van der Waals surface area (Å²) < 4.78 is 6.33. The van der Waals surface area contributed by atoms with Gasteiger partial charge < -0.3 is 10.5 Å². The maximum absolute atomic E-state index is 7.11. The molecule has 82 valence electrons. The van der Waals surface area contributed by atoms with Gasteiger partial charge in [-0.05, 0) is 40.5 Å². The van der Waals surface area contributed by atoms with Crippen molar-refractivity contribution in [2.24, 2.45) is 5.73 Å². The Labute approximate surface area is 102 Å². The minimum Gasteiger partial charge on any atom is -0.493 e. The van der Waals surface area contributed by atoms with Crippen molar-refractivity contribution in [2.45, 2.75) is 12.7 Å².